The summed E-state index contributed by atoms with van der Waals surface area (Å²) >= 11 is 0. The van der Waals surface area contributed by atoms with Crippen molar-refractivity contribution in [3.63, 3.8) is 0 Å². The molecule has 0 fully saturated rings. The summed E-state index contributed by atoms with van der Waals surface area (Å²) in [4.78, 5) is 47.9. The number of hydrogen-bond donors (Lipinski definition) is 4. The standard InChI is InChI=1S/C31H33N3O6.C2HF3O2/c1-19(2)18-32-14-13-20-9-11-21(12-10-20)33-30(36)23-15-27(38-3)28(39-4)16-24(23)34-31(37)29-17-25(35)22-7-5-6-8-26(22)40-29;3-2(4,5)1(6)7/h5-12,15-17,19,32H,13-14,18H2,1-4H3,(H,33,36)(H,34,37);(H,6,7). The molecule has 0 aliphatic rings. The van der Waals surface area contributed by atoms with Crippen LogP contribution < -0.4 is 30.9 Å². The van der Waals surface area contributed by atoms with Gasteiger partial charge in [0.15, 0.2) is 22.7 Å². The van der Waals surface area contributed by atoms with Crippen molar-refractivity contribution in [1.29, 1.82) is 0 Å². The number of fused-ring (bicyclic) bond motifs is 1. The molecule has 0 bridgehead atoms. The molecule has 0 radical (unpaired) electrons. The van der Waals surface area contributed by atoms with Crippen LogP contribution >= 0.6 is 0 Å². The van der Waals surface area contributed by atoms with Gasteiger partial charge in [0.05, 0.1) is 30.9 Å². The van der Waals surface area contributed by atoms with Gasteiger partial charge in [-0.05, 0) is 61.3 Å². The lowest BCUT2D eigenvalue weighted by atomic mass is 10.1. The summed E-state index contributed by atoms with van der Waals surface area (Å²) in [6.07, 6.45) is -4.21. The molecule has 4 rings (SSSR count). The molecule has 0 aliphatic carbocycles. The molecule has 0 spiro atoms. The first-order valence-corrected chi connectivity index (χ1v) is 14.2. The molecule has 4 aromatic rings. The van der Waals surface area contributed by atoms with Crippen molar-refractivity contribution in [2.75, 3.05) is 37.9 Å². The van der Waals surface area contributed by atoms with E-state index >= 15 is 0 Å². The number of amides is 2. The fraction of sp³-hybridized carbons (Fsp3) is 0.273. The Balaban J connectivity index is 0.000000771. The fourth-order valence-electron chi connectivity index (χ4n) is 4.15. The summed E-state index contributed by atoms with van der Waals surface area (Å²) in [5, 5.41) is 16.5. The normalized spacial score (nSPS) is 11.0. The number of ether oxygens (including phenoxy) is 2. The molecule has 4 N–H and O–H groups in total. The van der Waals surface area contributed by atoms with E-state index in [0.717, 1.165) is 31.1 Å². The van der Waals surface area contributed by atoms with Crippen molar-refractivity contribution >= 4 is 40.1 Å². The molecule has 14 heteroatoms. The number of methoxy groups -OCH3 is 2. The van der Waals surface area contributed by atoms with Gasteiger partial charge < -0.3 is 34.9 Å². The summed E-state index contributed by atoms with van der Waals surface area (Å²) in [7, 11) is 2.90. The molecule has 0 atom stereocenters. The van der Waals surface area contributed by atoms with Crippen LogP contribution in [0.4, 0.5) is 24.5 Å². The number of para-hydroxylation sites is 1. The second kappa shape index (κ2) is 16.3. The summed E-state index contributed by atoms with van der Waals surface area (Å²) in [6, 6.07) is 18.3. The zero-order valence-electron chi connectivity index (χ0n) is 26.0. The van der Waals surface area contributed by atoms with E-state index in [2.05, 4.69) is 29.8 Å². The zero-order chi connectivity index (χ0) is 34.7. The summed E-state index contributed by atoms with van der Waals surface area (Å²) in [5.41, 5.74) is 1.96. The van der Waals surface area contributed by atoms with E-state index in [1.165, 1.54) is 26.4 Å². The number of halogens is 3. The molecule has 2 amide bonds. The molecular formula is C33H34F3N3O8. The van der Waals surface area contributed by atoms with Crippen LogP contribution in [0.3, 0.4) is 0 Å². The van der Waals surface area contributed by atoms with Crippen LogP contribution in [0.25, 0.3) is 11.0 Å². The van der Waals surface area contributed by atoms with E-state index in [9.17, 15) is 27.6 Å². The number of aliphatic carboxylic acids is 1. The molecule has 1 heterocycles. The second-order valence-electron chi connectivity index (χ2n) is 10.5. The van der Waals surface area contributed by atoms with Crippen molar-refractivity contribution in [2.45, 2.75) is 26.4 Å². The molecule has 1 aromatic heterocycles. The molecule has 0 unspecified atom stereocenters. The highest BCUT2D eigenvalue weighted by Crippen LogP contribution is 2.34. The summed E-state index contributed by atoms with van der Waals surface area (Å²) < 4.78 is 48.1. The minimum absolute atomic E-state index is 0.135. The van der Waals surface area contributed by atoms with Gasteiger partial charge in [0, 0.05) is 17.8 Å². The summed E-state index contributed by atoms with van der Waals surface area (Å²) in [5.74, 6) is -2.90. The fourth-order valence-corrected chi connectivity index (χ4v) is 4.15. The third-order valence-corrected chi connectivity index (χ3v) is 6.47. The third kappa shape index (κ3) is 10.3. The summed E-state index contributed by atoms with van der Waals surface area (Å²) in [6.45, 7) is 6.17. The van der Waals surface area contributed by atoms with Gasteiger partial charge in [0.2, 0.25) is 0 Å². The van der Waals surface area contributed by atoms with Crippen LogP contribution in [0.1, 0.15) is 40.3 Å². The topological polar surface area (TPSA) is 156 Å². The van der Waals surface area contributed by atoms with Crippen molar-refractivity contribution in [1.82, 2.24) is 5.32 Å². The maximum absolute atomic E-state index is 13.4. The van der Waals surface area contributed by atoms with E-state index in [0.29, 0.717) is 28.5 Å². The number of rotatable bonds is 11. The Morgan fingerprint density at radius 1 is 0.894 bits per heavy atom. The van der Waals surface area contributed by atoms with Gasteiger partial charge in [0.25, 0.3) is 11.8 Å². The highest BCUT2D eigenvalue weighted by molar-refractivity contribution is 6.12. The number of nitrogens with one attached hydrogen (secondary N) is 3. The number of hydrogen-bond acceptors (Lipinski definition) is 8. The minimum Gasteiger partial charge on any atom is -0.493 e. The maximum Gasteiger partial charge on any atom is 0.490 e. The predicted octanol–water partition coefficient (Wildman–Crippen LogP) is 5.74. The molecular weight excluding hydrogens is 623 g/mol. The second-order valence-corrected chi connectivity index (χ2v) is 10.5. The highest BCUT2D eigenvalue weighted by Gasteiger charge is 2.38. The average Bonchev–Trinajstić information content (AvgIpc) is 3.03. The predicted molar refractivity (Wildman–Crippen MR) is 169 cm³/mol. The Morgan fingerprint density at radius 2 is 1.51 bits per heavy atom. The van der Waals surface area contributed by atoms with Crippen molar-refractivity contribution in [3.05, 3.63) is 93.8 Å². The van der Waals surface area contributed by atoms with Gasteiger partial charge >= 0.3 is 12.1 Å². The zero-order valence-corrected chi connectivity index (χ0v) is 26.0. The number of alkyl halides is 3. The van der Waals surface area contributed by atoms with Crippen LogP contribution in [0, 0.1) is 5.92 Å². The SMILES string of the molecule is COc1cc(NC(=O)c2cc(=O)c3ccccc3o2)c(C(=O)Nc2ccc(CCNCC(C)C)cc2)cc1OC.O=C(O)C(F)(F)F. The number of carbonyl (C=O) groups excluding carboxylic acids is 2. The molecule has 3 aromatic carbocycles. The van der Waals surface area contributed by atoms with Crippen LogP contribution in [-0.4, -0.2) is 56.4 Å². The largest absolute Gasteiger partial charge is 0.493 e. The Morgan fingerprint density at radius 3 is 2.11 bits per heavy atom. The van der Waals surface area contributed by atoms with Crippen molar-refractivity contribution < 1.29 is 46.6 Å². The Hall–Kier alpha value is -5.37. The van der Waals surface area contributed by atoms with E-state index in [1.807, 2.05) is 24.3 Å². The smallest absolute Gasteiger partial charge is 0.490 e. The quantitative estimate of drug-likeness (QED) is 0.148. The minimum atomic E-state index is -5.08. The number of carbonyl (C=O) groups is 3. The van der Waals surface area contributed by atoms with E-state index in [4.69, 9.17) is 23.8 Å². The molecule has 0 aliphatic heterocycles. The Bertz CT molecular complexity index is 1770. The number of carboxylic acids is 1. The van der Waals surface area contributed by atoms with Gasteiger partial charge in [-0.1, -0.05) is 38.1 Å². The molecule has 11 nitrogen and oxygen atoms in total. The Labute approximate surface area is 267 Å². The first-order chi connectivity index (χ1) is 22.2. The number of carboxylic acid groups (broad SMARTS) is 1. The van der Waals surface area contributed by atoms with E-state index in [-0.39, 0.29) is 28.0 Å². The van der Waals surface area contributed by atoms with Crippen molar-refractivity contribution in [3.8, 4) is 11.5 Å². The van der Waals surface area contributed by atoms with Crippen LogP contribution in [0.5, 0.6) is 11.5 Å². The van der Waals surface area contributed by atoms with Gasteiger partial charge in [-0.25, -0.2) is 4.79 Å². The molecule has 0 saturated carbocycles. The lowest BCUT2D eigenvalue weighted by Gasteiger charge is -2.16. The van der Waals surface area contributed by atoms with Crippen LogP contribution in [-0.2, 0) is 11.2 Å². The van der Waals surface area contributed by atoms with Crippen molar-refractivity contribution in [2.24, 2.45) is 5.92 Å². The van der Waals surface area contributed by atoms with Gasteiger partial charge in [0.1, 0.15) is 5.58 Å². The van der Waals surface area contributed by atoms with E-state index in [1.54, 1.807) is 24.3 Å². The Kier molecular flexibility index (Phi) is 12.5. The first kappa shape index (κ1) is 36.1. The van der Waals surface area contributed by atoms with Gasteiger partial charge in [-0.2, -0.15) is 13.2 Å². The number of benzene rings is 3. The lowest BCUT2D eigenvalue weighted by molar-refractivity contribution is -0.192. The van der Waals surface area contributed by atoms with E-state index < -0.39 is 24.0 Å². The third-order valence-electron chi connectivity index (χ3n) is 6.47. The molecule has 250 valence electrons. The first-order valence-electron chi connectivity index (χ1n) is 14.2. The maximum atomic E-state index is 13.4. The van der Waals surface area contributed by atoms with Gasteiger partial charge in [-0.3, -0.25) is 14.4 Å². The average molecular weight is 658 g/mol. The van der Waals surface area contributed by atoms with Gasteiger partial charge in [-0.15, -0.1) is 0 Å². The van der Waals surface area contributed by atoms with Crippen LogP contribution in [0.2, 0.25) is 0 Å². The highest BCUT2D eigenvalue weighted by atomic mass is 19.4. The molecule has 47 heavy (non-hydrogen) atoms. The monoisotopic (exact) mass is 657 g/mol. The molecule has 0 saturated heterocycles. The van der Waals surface area contributed by atoms with Crippen LogP contribution in [0.15, 0.2) is 75.9 Å². The lowest BCUT2D eigenvalue weighted by Crippen LogP contribution is -2.22. The number of anilines is 2.